The Morgan fingerprint density at radius 1 is 1.43 bits per heavy atom. The lowest BCUT2D eigenvalue weighted by atomic mass is 10.1. The number of anilines is 1. The number of likely N-dealkylation sites (tertiary alicyclic amines) is 1. The van der Waals surface area contributed by atoms with E-state index in [1.807, 2.05) is 18.2 Å². The number of hydrogen-bond donors (Lipinski definition) is 2. The normalized spacial score (nSPS) is 18.9. The molecule has 1 aromatic heterocycles. The van der Waals surface area contributed by atoms with Gasteiger partial charge in [0.1, 0.15) is 11.9 Å². The predicted octanol–water partition coefficient (Wildman–Crippen LogP) is 1.75. The highest BCUT2D eigenvalue weighted by Crippen LogP contribution is 2.38. The van der Waals surface area contributed by atoms with Gasteiger partial charge in [0, 0.05) is 24.7 Å². The lowest BCUT2D eigenvalue weighted by Gasteiger charge is -2.18. The Bertz CT molecular complexity index is 626. The summed E-state index contributed by atoms with van der Waals surface area (Å²) in [7, 11) is 3.75. The van der Waals surface area contributed by atoms with Crippen LogP contribution in [0.5, 0.6) is 11.5 Å². The van der Waals surface area contributed by atoms with Crippen molar-refractivity contribution in [3.63, 3.8) is 0 Å². The molecule has 6 nitrogen and oxygen atoms in total. The lowest BCUT2D eigenvalue weighted by Crippen LogP contribution is -2.21. The van der Waals surface area contributed by atoms with E-state index in [2.05, 4.69) is 22.1 Å². The standard InChI is InChI=1S/C15H20N4O2/c1-19-7-6-10(9-19)21-13-5-3-4-11(15(13)20-2)12-8-14(16)18-17-12/h3-5,8,10H,6-7,9H2,1-2H3,(H3,16,17,18). The van der Waals surface area contributed by atoms with Crippen LogP contribution in [0.15, 0.2) is 24.3 Å². The number of ether oxygens (including phenoxy) is 2. The number of para-hydroxylation sites is 1. The molecule has 0 aliphatic carbocycles. The van der Waals surface area contributed by atoms with Gasteiger partial charge < -0.3 is 20.1 Å². The molecular weight excluding hydrogens is 268 g/mol. The molecule has 0 bridgehead atoms. The number of aromatic amines is 1. The predicted molar refractivity (Wildman–Crippen MR) is 81.5 cm³/mol. The Hall–Kier alpha value is -2.21. The van der Waals surface area contributed by atoms with Crippen LogP contribution in [0, 0.1) is 0 Å². The molecule has 1 aliphatic heterocycles. The molecule has 0 amide bonds. The molecule has 0 radical (unpaired) electrons. The molecule has 1 fully saturated rings. The average molecular weight is 288 g/mol. The zero-order valence-corrected chi connectivity index (χ0v) is 12.3. The van der Waals surface area contributed by atoms with Crippen LogP contribution >= 0.6 is 0 Å². The zero-order chi connectivity index (χ0) is 14.8. The molecule has 6 heteroatoms. The number of likely N-dealkylation sites (N-methyl/N-ethyl adjacent to an activating group) is 1. The van der Waals surface area contributed by atoms with Crippen molar-refractivity contribution in [1.29, 1.82) is 0 Å². The van der Waals surface area contributed by atoms with E-state index in [1.165, 1.54) is 0 Å². The summed E-state index contributed by atoms with van der Waals surface area (Å²) in [6.07, 6.45) is 1.23. The van der Waals surface area contributed by atoms with Crippen molar-refractivity contribution < 1.29 is 9.47 Å². The SMILES string of the molecule is COc1c(OC2CCN(C)C2)cccc1-c1cc(N)n[nH]1. The van der Waals surface area contributed by atoms with Crippen molar-refractivity contribution in [2.75, 3.05) is 33.0 Å². The van der Waals surface area contributed by atoms with E-state index in [-0.39, 0.29) is 6.10 Å². The molecule has 2 aromatic rings. The minimum Gasteiger partial charge on any atom is -0.492 e. The summed E-state index contributed by atoms with van der Waals surface area (Å²) in [4.78, 5) is 2.26. The van der Waals surface area contributed by atoms with Gasteiger partial charge in [-0.05, 0) is 25.6 Å². The Morgan fingerprint density at radius 2 is 2.29 bits per heavy atom. The highest BCUT2D eigenvalue weighted by atomic mass is 16.5. The molecule has 1 unspecified atom stereocenters. The molecular formula is C15H20N4O2. The van der Waals surface area contributed by atoms with E-state index in [1.54, 1.807) is 13.2 Å². The molecule has 3 N–H and O–H groups in total. The molecule has 21 heavy (non-hydrogen) atoms. The van der Waals surface area contributed by atoms with Crippen LogP contribution in [0.25, 0.3) is 11.3 Å². The largest absolute Gasteiger partial charge is 0.492 e. The van der Waals surface area contributed by atoms with Crippen LogP contribution < -0.4 is 15.2 Å². The number of nitrogen functional groups attached to an aromatic ring is 1. The fraction of sp³-hybridized carbons (Fsp3) is 0.400. The van der Waals surface area contributed by atoms with Gasteiger partial charge in [-0.15, -0.1) is 0 Å². The summed E-state index contributed by atoms with van der Waals surface area (Å²) in [5.74, 6) is 1.91. The first-order valence-electron chi connectivity index (χ1n) is 7.01. The van der Waals surface area contributed by atoms with Crippen LogP contribution in [-0.4, -0.2) is 48.4 Å². The third-order valence-electron chi connectivity index (χ3n) is 3.71. The van der Waals surface area contributed by atoms with E-state index in [0.717, 1.165) is 36.5 Å². The number of methoxy groups -OCH3 is 1. The first-order valence-corrected chi connectivity index (χ1v) is 7.01. The van der Waals surface area contributed by atoms with Gasteiger partial charge in [-0.1, -0.05) is 6.07 Å². The van der Waals surface area contributed by atoms with E-state index >= 15 is 0 Å². The van der Waals surface area contributed by atoms with Crippen molar-refractivity contribution in [2.45, 2.75) is 12.5 Å². The Kier molecular flexibility index (Phi) is 3.70. The number of nitrogens with one attached hydrogen (secondary N) is 1. The van der Waals surface area contributed by atoms with Crippen molar-refractivity contribution in [1.82, 2.24) is 15.1 Å². The average Bonchev–Trinajstić information content (AvgIpc) is 3.07. The maximum Gasteiger partial charge on any atom is 0.170 e. The Labute approximate surface area is 123 Å². The van der Waals surface area contributed by atoms with E-state index < -0.39 is 0 Å². The van der Waals surface area contributed by atoms with Gasteiger partial charge in [0.15, 0.2) is 11.5 Å². The molecule has 112 valence electrons. The number of benzene rings is 1. The highest BCUT2D eigenvalue weighted by molar-refractivity contribution is 5.72. The topological polar surface area (TPSA) is 76.4 Å². The van der Waals surface area contributed by atoms with Crippen molar-refractivity contribution in [3.8, 4) is 22.8 Å². The maximum atomic E-state index is 6.10. The monoisotopic (exact) mass is 288 g/mol. The van der Waals surface area contributed by atoms with Gasteiger partial charge in [0.25, 0.3) is 0 Å². The smallest absolute Gasteiger partial charge is 0.170 e. The van der Waals surface area contributed by atoms with Gasteiger partial charge in [-0.3, -0.25) is 5.10 Å². The summed E-state index contributed by atoms with van der Waals surface area (Å²) in [6.45, 7) is 1.99. The molecule has 0 saturated carbocycles. The Morgan fingerprint density at radius 3 is 2.90 bits per heavy atom. The number of nitrogens with two attached hydrogens (primary N) is 1. The second-order valence-electron chi connectivity index (χ2n) is 5.33. The van der Waals surface area contributed by atoms with E-state index in [0.29, 0.717) is 11.6 Å². The number of aromatic nitrogens is 2. The fourth-order valence-corrected chi connectivity index (χ4v) is 2.68. The number of H-pyrrole nitrogens is 1. The molecule has 1 saturated heterocycles. The van der Waals surface area contributed by atoms with Gasteiger partial charge in [0.2, 0.25) is 0 Å². The van der Waals surface area contributed by atoms with Gasteiger partial charge >= 0.3 is 0 Å². The zero-order valence-electron chi connectivity index (χ0n) is 12.3. The van der Waals surface area contributed by atoms with Crippen molar-refractivity contribution in [2.24, 2.45) is 0 Å². The summed E-state index contributed by atoms with van der Waals surface area (Å²) in [6, 6.07) is 7.62. The molecule has 3 rings (SSSR count). The lowest BCUT2D eigenvalue weighted by molar-refractivity contribution is 0.200. The fourth-order valence-electron chi connectivity index (χ4n) is 2.68. The van der Waals surface area contributed by atoms with Crippen LogP contribution in [0.4, 0.5) is 5.82 Å². The maximum absolute atomic E-state index is 6.10. The minimum atomic E-state index is 0.200. The quantitative estimate of drug-likeness (QED) is 0.896. The molecule has 0 spiro atoms. The first-order chi connectivity index (χ1) is 10.2. The first kappa shape index (κ1) is 13.8. The Balaban J connectivity index is 1.90. The number of rotatable bonds is 4. The minimum absolute atomic E-state index is 0.200. The summed E-state index contributed by atoms with van der Waals surface area (Å²) in [5.41, 5.74) is 7.38. The number of nitrogens with zero attached hydrogens (tertiary/aromatic N) is 2. The summed E-state index contributed by atoms with van der Waals surface area (Å²) in [5, 5.41) is 6.87. The second kappa shape index (κ2) is 5.65. The molecule has 1 aliphatic rings. The summed E-state index contributed by atoms with van der Waals surface area (Å²) >= 11 is 0. The summed E-state index contributed by atoms with van der Waals surface area (Å²) < 4.78 is 11.7. The number of hydrogen-bond acceptors (Lipinski definition) is 5. The van der Waals surface area contributed by atoms with Gasteiger partial charge in [0.05, 0.1) is 12.8 Å². The van der Waals surface area contributed by atoms with Gasteiger partial charge in [-0.2, -0.15) is 5.10 Å². The van der Waals surface area contributed by atoms with E-state index in [4.69, 9.17) is 15.2 Å². The molecule has 1 atom stereocenters. The molecule has 2 heterocycles. The highest BCUT2D eigenvalue weighted by Gasteiger charge is 2.23. The van der Waals surface area contributed by atoms with E-state index in [9.17, 15) is 0 Å². The third-order valence-corrected chi connectivity index (χ3v) is 3.71. The van der Waals surface area contributed by atoms with Crippen LogP contribution in [-0.2, 0) is 0 Å². The second-order valence-corrected chi connectivity index (χ2v) is 5.33. The third kappa shape index (κ3) is 2.80. The van der Waals surface area contributed by atoms with Gasteiger partial charge in [-0.25, -0.2) is 0 Å². The van der Waals surface area contributed by atoms with Crippen LogP contribution in [0.3, 0.4) is 0 Å². The van der Waals surface area contributed by atoms with Crippen molar-refractivity contribution in [3.05, 3.63) is 24.3 Å². The van der Waals surface area contributed by atoms with Crippen LogP contribution in [0.1, 0.15) is 6.42 Å². The van der Waals surface area contributed by atoms with Crippen molar-refractivity contribution >= 4 is 5.82 Å². The van der Waals surface area contributed by atoms with Crippen LogP contribution in [0.2, 0.25) is 0 Å². The molecule has 1 aromatic carbocycles.